The minimum Gasteiger partial charge on any atom is -0.409 e. The molecule has 0 heterocycles. The summed E-state index contributed by atoms with van der Waals surface area (Å²) in [5.41, 5.74) is 6.77. The van der Waals surface area contributed by atoms with Crippen molar-refractivity contribution in [2.45, 2.75) is 36.8 Å². The van der Waals surface area contributed by atoms with E-state index in [1.807, 2.05) is 0 Å². The summed E-state index contributed by atoms with van der Waals surface area (Å²) in [6.07, 6.45) is 1.61. The summed E-state index contributed by atoms with van der Waals surface area (Å²) in [6.45, 7) is 4.18. The van der Waals surface area contributed by atoms with Crippen molar-refractivity contribution in [1.29, 1.82) is 0 Å². The van der Waals surface area contributed by atoms with Gasteiger partial charge in [0.25, 0.3) is 0 Å². The number of aryl methyl sites for hydroxylation is 1. The molecule has 0 saturated heterocycles. The van der Waals surface area contributed by atoms with E-state index in [9.17, 15) is 0 Å². The minimum absolute atomic E-state index is 0.298. The van der Waals surface area contributed by atoms with Gasteiger partial charge in [0.2, 0.25) is 0 Å². The molecular weight excluding hydrogens is 220 g/mol. The number of rotatable bonds is 5. The predicted octanol–water partition coefficient (Wildman–Crippen LogP) is 3.00. The maximum atomic E-state index is 8.54. The van der Waals surface area contributed by atoms with Crippen molar-refractivity contribution in [3.63, 3.8) is 0 Å². The van der Waals surface area contributed by atoms with Gasteiger partial charge in [-0.2, -0.15) is 0 Å². The Morgan fingerprint density at radius 3 is 2.56 bits per heavy atom. The van der Waals surface area contributed by atoms with Gasteiger partial charge in [-0.05, 0) is 25.5 Å². The fourth-order valence-electron chi connectivity index (χ4n) is 1.35. The van der Waals surface area contributed by atoms with Crippen LogP contribution in [-0.2, 0) is 0 Å². The van der Waals surface area contributed by atoms with Gasteiger partial charge in [0.1, 0.15) is 5.84 Å². The van der Waals surface area contributed by atoms with Crippen molar-refractivity contribution in [3.8, 4) is 0 Å². The fourth-order valence-corrected chi connectivity index (χ4v) is 2.45. The molecule has 0 aliphatic carbocycles. The second-order valence-electron chi connectivity index (χ2n) is 3.76. The van der Waals surface area contributed by atoms with Crippen molar-refractivity contribution >= 4 is 17.6 Å². The molecule has 0 aromatic heterocycles. The molecule has 3 N–H and O–H groups in total. The Kier molecular flexibility index (Phi) is 5.19. The lowest BCUT2D eigenvalue weighted by molar-refractivity contribution is 0.316. The van der Waals surface area contributed by atoms with Gasteiger partial charge in [-0.3, -0.25) is 0 Å². The number of nitrogens with zero attached hydrogens (tertiary/aromatic N) is 1. The van der Waals surface area contributed by atoms with E-state index in [1.165, 1.54) is 10.5 Å². The van der Waals surface area contributed by atoms with Gasteiger partial charge in [-0.1, -0.05) is 29.8 Å². The molecule has 1 aromatic carbocycles. The van der Waals surface area contributed by atoms with E-state index in [-0.39, 0.29) is 0 Å². The summed E-state index contributed by atoms with van der Waals surface area (Å²) < 4.78 is 0. The van der Waals surface area contributed by atoms with Gasteiger partial charge in [-0.25, -0.2) is 0 Å². The zero-order chi connectivity index (χ0) is 12.0. The van der Waals surface area contributed by atoms with Crippen LogP contribution in [-0.4, -0.2) is 16.3 Å². The highest BCUT2D eigenvalue weighted by atomic mass is 32.2. The third-order valence-corrected chi connectivity index (χ3v) is 3.72. The van der Waals surface area contributed by atoms with Crippen LogP contribution in [0.5, 0.6) is 0 Å². The molecule has 16 heavy (non-hydrogen) atoms. The molecule has 0 spiro atoms. The van der Waals surface area contributed by atoms with E-state index in [4.69, 9.17) is 10.9 Å². The quantitative estimate of drug-likeness (QED) is 0.272. The number of nitrogens with two attached hydrogens (primary N) is 1. The molecule has 1 unspecified atom stereocenters. The second-order valence-corrected chi connectivity index (χ2v) is 5.13. The molecule has 0 aliphatic rings. The molecule has 1 atom stereocenters. The molecule has 0 aliphatic heterocycles. The standard InChI is InChI=1S/C12H18N2OS/c1-3-10(8-12(13)14-15)16-11-6-4-9(2)5-7-11/h4-7,10,15H,3,8H2,1-2H3,(H2,13,14). The minimum atomic E-state index is 0.298. The Morgan fingerprint density at radius 1 is 1.44 bits per heavy atom. The monoisotopic (exact) mass is 238 g/mol. The Hall–Kier alpha value is -1.16. The molecule has 0 bridgehead atoms. The van der Waals surface area contributed by atoms with Crippen LogP contribution in [0.3, 0.4) is 0 Å². The molecule has 3 nitrogen and oxygen atoms in total. The summed E-state index contributed by atoms with van der Waals surface area (Å²) in [6, 6.07) is 8.40. The highest BCUT2D eigenvalue weighted by Gasteiger charge is 2.10. The number of hydrogen-bond acceptors (Lipinski definition) is 3. The molecular formula is C12H18N2OS. The van der Waals surface area contributed by atoms with E-state index >= 15 is 0 Å². The molecule has 4 heteroatoms. The normalized spacial score (nSPS) is 13.8. The Bertz CT molecular complexity index is 349. The number of thioether (sulfide) groups is 1. The van der Waals surface area contributed by atoms with Crippen molar-refractivity contribution in [2.75, 3.05) is 0 Å². The molecule has 0 amide bonds. The van der Waals surface area contributed by atoms with Crippen LogP contribution in [0, 0.1) is 6.92 Å². The lowest BCUT2D eigenvalue weighted by Gasteiger charge is -2.13. The van der Waals surface area contributed by atoms with Crippen LogP contribution >= 0.6 is 11.8 Å². The van der Waals surface area contributed by atoms with Gasteiger partial charge in [-0.15, -0.1) is 11.8 Å². The van der Waals surface area contributed by atoms with Gasteiger partial charge in [0.15, 0.2) is 0 Å². The first-order chi connectivity index (χ1) is 7.65. The van der Waals surface area contributed by atoms with Crippen LogP contribution in [0.4, 0.5) is 0 Å². The Balaban J connectivity index is 2.59. The summed E-state index contributed by atoms with van der Waals surface area (Å²) in [4.78, 5) is 1.23. The topological polar surface area (TPSA) is 58.6 Å². The van der Waals surface area contributed by atoms with E-state index in [1.54, 1.807) is 11.8 Å². The molecule has 0 radical (unpaired) electrons. The average Bonchev–Trinajstić information content (AvgIpc) is 2.30. The summed E-state index contributed by atoms with van der Waals surface area (Å²) in [5.74, 6) is 0.298. The van der Waals surface area contributed by atoms with Crippen LogP contribution in [0.1, 0.15) is 25.3 Å². The maximum Gasteiger partial charge on any atom is 0.140 e. The van der Waals surface area contributed by atoms with Crippen molar-refractivity contribution in [3.05, 3.63) is 29.8 Å². The first kappa shape index (κ1) is 12.9. The molecule has 1 aromatic rings. The predicted molar refractivity (Wildman–Crippen MR) is 69.1 cm³/mol. The smallest absolute Gasteiger partial charge is 0.140 e. The molecule has 0 saturated carbocycles. The zero-order valence-corrected chi connectivity index (χ0v) is 10.5. The van der Waals surface area contributed by atoms with Crippen molar-refractivity contribution < 1.29 is 5.21 Å². The highest BCUT2D eigenvalue weighted by molar-refractivity contribution is 8.00. The van der Waals surface area contributed by atoms with Crippen molar-refractivity contribution in [2.24, 2.45) is 10.9 Å². The first-order valence-corrected chi connectivity index (χ1v) is 6.23. The maximum absolute atomic E-state index is 8.54. The van der Waals surface area contributed by atoms with E-state index in [0.717, 1.165) is 6.42 Å². The average molecular weight is 238 g/mol. The second kappa shape index (κ2) is 6.43. The Labute approximate surface area is 101 Å². The molecule has 0 fully saturated rings. The molecule has 1 rings (SSSR count). The lowest BCUT2D eigenvalue weighted by Crippen LogP contribution is -2.18. The fraction of sp³-hybridized carbons (Fsp3) is 0.417. The third-order valence-electron chi connectivity index (χ3n) is 2.34. The van der Waals surface area contributed by atoms with E-state index in [0.29, 0.717) is 17.5 Å². The first-order valence-electron chi connectivity index (χ1n) is 5.35. The summed E-state index contributed by atoms with van der Waals surface area (Å²) in [7, 11) is 0. The van der Waals surface area contributed by atoms with Crippen LogP contribution in [0.2, 0.25) is 0 Å². The van der Waals surface area contributed by atoms with E-state index < -0.39 is 0 Å². The lowest BCUT2D eigenvalue weighted by atomic mass is 10.2. The van der Waals surface area contributed by atoms with Crippen molar-refractivity contribution in [1.82, 2.24) is 0 Å². The largest absolute Gasteiger partial charge is 0.409 e. The summed E-state index contributed by atoms with van der Waals surface area (Å²) in [5, 5.41) is 11.9. The van der Waals surface area contributed by atoms with Gasteiger partial charge in [0.05, 0.1) is 0 Å². The van der Waals surface area contributed by atoms with Gasteiger partial charge >= 0.3 is 0 Å². The van der Waals surface area contributed by atoms with Crippen LogP contribution in [0.15, 0.2) is 34.3 Å². The summed E-state index contributed by atoms with van der Waals surface area (Å²) >= 11 is 1.77. The number of oxime groups is 1. The van der Waals surface area contributed by atoms with Crippen LogP contribution in [0.25, 0.3) is 0 Å². The SMILES string of the molecule is CCC(C/C(N)=N/O)Sc1ccc(C)cc1. The number of amidine groups is 1. The zero-order valence-electron chi connectivity index (χ0n) is 9.68. The number of hydrogen-bond donors (Lipinski definition) is 2. The molecule has 88 valence electrons. The van der Waals surface area contributed by atoms with Gasteiger partial charge in [0, 0.05) is 16.6 Å². The van der Waals surface area contributed by atoms with Crippen LogP contribution < -0.4 is 5.73 Å². The number of benzene rings is 1. The Morgan fingerprint density at radius 2 is 2.06 bits per heavy atom. The highest BCUT2D eigenvalue weighted by Crippen LogP contribution is 2.27. The third kappa shape index (κ3) is 4.14. The van der Waals surface area contributed by atoms with Gasteiger partial charge < -0.3 is 10.9 Å². The van der Waals surface area contributed by atoms with E-state index in [2.05, 4.69) is 43.3 Å².